The summed E-state index contributed by atoms with van der Waals surface area (Å²) in [5.74, 6) is -1.04. The average Bonchev–Trinajstić information content (AvgIpc) is 3.43. The molecule has 0 saturated heterocycles. The van der Waals surface area contributed by atoms with Crippen molar-refractivity contribution in [2.75, 3.05) is 13.2 Å². The lowest BCUT2D eigenvalue weighted by atomic mass is 9.82. The van der Waals surface area contributed by atoms with E-state index < -0.39 is 22.7 Å². The van der Waals surface area contributed by atoms with Crippen LogP contribution < -0.4 is 15.8 Å². The first-order valence-electron chi connectivity index (χ1n) is 11.7. The highest BCUT2D eigenvalue weighted by molar-refractivity contribution is 5.98. The number of ether oxygens (including phenoxy) is 1. The van der Waals surface area contributed by atoms with E-state index in [1.54, 1.807) is 49.1 Å². The molecule has 2 aromatic carbocycles. The number of rotatable bonds is 6. The monoisotopic (exact) mass is 505 g/mol. The second kappa shape index (κ2) is 8.67. The molecular formula is C27H28FN5O4. The van der Waals surface area contributed by atoms with Crippen molar-refractivity contribution in [1.29, 1.82) is 0 Å². The average molecular weight is 506 g/mol. The Morgan fingerprint density at radius 1 is 1.27 bits per heavy atom. The predicted molar refractivity (Wildman–Crippen MR) is 136 cm³/mol. The quantitative estimate of drug-likeness (QED) is 0.369. The van der Waals surface area contributed by atoms with Crippen LogP contribution in [0, 0.1) is 5.82 Å². The Bertz CT molecular complexity index is 1550. The summed E-state index contributed by atoms with van der Waals surface area (Å²) in [5.41, 5.74) is 5.69. The summed E-state index contributed by atoms with van der Waals surface area (Å²) in [7, 11) is 1.79. The van der Waals surface area contributed by atoms with Crippen molar-refractivity contribution in [3.63, 3.8) is 0 Å². The number of halogens is 1. The molecule has 9 nitrogen and oxygen atoms in total. The summed E-state index contributed by atoms with van der Waals surface area (Å²) in [6.45, 7) is 3.01. The maximum Gasteiger partial charge on any atom is 0.251 e. The van der Waals surface area contributed by atoms with Crippen molar-refractivity contribution in [1.82, 2.24) is 20.1 Å². The smallest absolute Gasteiger partial charge is 0.251 e. The number of amides is 2. The van der Waals surface area contributed by atoms with Gasteiger partial charge in [0.05, 0.1) is 24.0 Å². The molecule has 2 aromatic heterocycles. The molecule has 0 aliphatic carbocycles. The molecule has 0 radical (unpaired) electrons. The first-order chi connectivity index (χ1) is 17.5. The van der Waals surface area contributed by atoms with Crippen molar-refractivity contribution in [3.05, 3.63) is 77.4 Å². The van der Waals surface area contributed by atoms with Crippen LogP contribution in [0.1, 0.15) is 36.9 Å². The molecule has 3 heterocycles. The molecule has 10 heteroatoms. The van der Waals surface area contributed by atoms with Crippen LogP contribution in [0.15, 0.2) is 54.7 Å². The topological polar surface area (TPSA) is 132 Å². The molecule has 1 aliphatic heterocycles. The number of nitrogens with two attached hydrogens (primary N) is 1. The molecule has 2 amide bonds. The van der Waals surface area contributed by atoms with Gasteiger partial charge in [0.25, 0.3) is 5.91 Å². The first-order valence-corrected chi connectivity index (χ1v) is 11.7. The third kappa shape index (κ3) is 4.19. The van der Waals surface area contributed by atoms with Crippen molar-refractivity contribution in [2.24, 2.45) is 12.8 Å². The zero-order valence-electron chi connectivity index (χ0n) is 20.6. The minimum absolute atomic E-state index is 0. The number of aliphatic hydroxyl groups is 1. The van der Waals surface area contributed by atoms with Crippen molar-refractivity contribution >= 4 is 22.7 Å². The second-order valence-corrected chi connectivity index (χ2v) is 9.72. The fraction of sp³-hybridized carbons (Fsp3) is 0.259. The zero-order chi connectivity index (χ0) is 26.5. The van der Waals surface area contributed by atoms with Gasteiger partial charge in [-0.05, 0) is 56.3 Å². The summed E-state index contributed by atoms with van der Waals surface area (Å²) in [6.07, 6.45) is 1.71. The van der Waals surface area contributed by atoms with E-state index in [4.69, 9.17) is 10.5 Å². The van der Waals surface area contributed by atoms with Crippen LogP contribution in [-0.2, 0) is 22.9 Å². The number of nitrogens with zero attached hydrogens (tertiary/aromatic N) is 3. The largest absolute Gasteiger partial charge is 0.489 e. The van der Waals surface area contributed by atoms with Gasteiger partial charge in [-0.25, -0.2) is 9.37 Å². The SMILES string of the molecule is Cn1ncc2ccc(C(=O)NC[C@](C)(O)c3cc4c(c(-c5ccc(F)cc5)n3)OC[C@]4(C)C(N)=O)cc21.[HH]. The molecule has 0 unspecified atom stereocenters. The number of carbonyl (C=O) groups is 2. The Morgan fingerprint density at radius 2 is 2.00 bits per heavy atom. The van der Waals surface area contributed by atoms with Crippen LogP contribution in [0.2, 0.25) is 0 Å². The number of benzene rings is 2. The summed E-state index contributed by atoms with van der Waals surface area (Å²) >= 11 is 0. The summed E-state index contributed by atoms with van der Waals surface area (Å²) in [6, 6.07) is 12.4. The van der Waals surface area contributed by atoms with Gasteiger partial charge in [0.2, 0.25) is 5.91 Å². The van der Waals surface area contributed by atoms with Crippen LogP contribution in [0.5, 0.6) is 5.75 Å². The third-order valence-corrected chi connectivity index (χ3v) is 6.89. The van der Waals surface area contributed by atoms with Crippen LogP contribution in [0.4, 0.5) is 4.39 Å². The molecule has 0 spiro atoms. The van der Waals surface area contributed by atoms with Gasteiger partial charge in [0, 0.05) is 30.6 Å². The molecule has 0 saturated carbocycles. The van der Waals surface area contributed by atoms with Gasteiger partial charge in [-0.2, -0.15) is 5.10 Å². The lowest BCUT2D eigenvalue weighted by molar-refractivity contribution is -0.123. The van der Waals surface area contributed by atoms with E-state index in [1.807, 2.05) is 0 Å². The van der Waals surface area contributed by atoms with E-state index >= 15 is 0 Å². The van der Waals surface area contributed by atoms with Gasteiger partial charge in [0.15, 0.2) is 0 Å². The predicted octanol–water partition coefficient (Wildman–Crippen LogP) is 2.79. The summed E-state index contributed by atoms with van der Waals surface area (Å²) in [4.78, 5) is 29.9. The van der Waals surface area contributed by atoms with Crippen LogP contribution in [0.25, 0.3) is 22.2 Å². The van der Waals surface area contributed by atoms with Gasteiger partial charge in [0.1, 0.15) is 34.9 Å². The van der Waals surface area contributed by atoms with Crippen molar-refractivity contribution < 1.29 is 25.2 Å². The molecule has 0 fully saturated rings. The fourth-order valence-electron chi connectivity index (χ4n) is 4.40. The second-order valence-electron chi connectivity index (χ2n) is 9.72. The van der Waals surface area contributed by atoms with E-state index in [-0.39, 0.29) is 26.2 Å². The number of primary amides is 1. The molecule has 0 bridgehead atoms. The van der Waals surface area contributed by atoms with E-state index in [0.717, 1.165) is 10.9 Å². The molecule has 192 valence electrons. The van der Waals surface area contributed by atoms with Crippen LogP contribution in [-0.4, -0.2) is 44.8 Å². The molecule has 5 rings (SSSR count). The minimum atomic E-state index is -1.63. The molecule has 1 aliphatic rings. The molecule has 37 heavy (non-hydrogen) atoms. The number of carbonyl (C=O) groups excluding carboxylic acids is 2. The molecule has 2 atom stereocenters. The number of aryl methyl sites for hydroxylation is 1. The van der Waals surface area contributed by atoms with Gasteiger partial charge < -0.3 is 20.9 Å². The number of hydrogen-bond donors (Lipinski definition) is 3. The minimum Gasteiger partial charge on any atom is -0.489 e. The Hall–Kier alpha value is -4.31. The Morgan fingerprint density at radius 3 is 2.70 bits per heavy atom. The van der Waals surface area contributed by atoms with Crippen LogP contribution in [0.3, 0.4) is 0 Å². The number of fused-ring (bicyclic) bond motifs is 2. The highest BCUT2D eigenvalue weighted by atomic mass is 19.1. The number of hydrogen-bond acceptors (Lipinski definition) is 6. The van der Waals surface area contributed by atoms with E-state index in [1.165, 1.54) is 31.2 Å². The molecular weight excluding hydrogens is 477 g/mol. The van der Waals surface area contributed by atoms with Gasteiger partial charge >= 0.3 is 0 Å². The normalized spacial score (nSPS) is 18.2. The zero-order valence-corrected chi connectivity index (χ0v) is 20.6. The standard InChI is InChI=1S/C27H26FN5O4.H2/c1-26(25(29)35)14-37-23-19(26)11-21(32-22(23)15-6-8-18(28)9-7-15)27(2,36)13-30-24(34)16-4-5-17-12-31-33(3)20(17)10-16;/h4-12,36H,13-14H2,1-3H3,(H2,29,35)(H,30,34);1H/t26-,27-;/m0./s1. The highest BCUT2D eigenvalue weighted by Gasteiger charge is 2.45. The lowest BCUT2D eigenvalue weighted by Gasteiger charge is -2.26. The third-order valence-electron chi connectivity index (χ3n) is 6.89. The number of nitrogens with one attached hydrogen (secondary N) is 1. The molecule has 4 N–H and O–H groups in total. The fourth-order valence-corrected chi connectivity index (χ4v) is 4.40. The van der Waals surface area contributed by atoms with Crippen molar-refractivity contribution in [2.45, 2.75) is 24.9 Å². The summed E-state index contributed by atoms with van der Waals surface area (Å²) < 4.78 is 21.1. The maximum atomic E-state index is 13.6. The van der Waals surface area contributed by atoms with Gasteiger partial charge in [-0.1, -0.05) is 6.07 Å². The first kappa shape index (κ1) is 24.4. The Labute approximate surface area is 213 Å². The van der Waals surface area contributed by atoms with Gasteiger partial charge in [-0.15, -0.1) is 0 Å². The lowest BCUT2D eigenvalue weighted by Crippen LogP contribution is -2.41. The van der Waals surface area contributed by atoms with E-state index in [9.17, 15) is 19.1 Å². The van der Waals surface area contributed by atoms with Gasteiger partial charge in [-0.3, -0.25) is 14.3 Å². The van der Waals surface area contributed by atoms with E-state index in [2.05, 4.69) is 15.4 Å². The Balaban J connectivity index is 0.00000336. The maximum absolute atomic E-state index is 13.6. The van der Waals surface area contributed by atoms with E-state index in [0.29, 0.717) is 28.1 Å². The van der Waals surface area contributed by atoms with Crippen molar-refractivity contribution in [3.8, 4) is 17.0 Å². The number of aromatic nitrogens is 3. The Kier molecular flexibility index (Phi) is 5.71. The summed E-state index contributed by atoms with van der Waals surface area (Å²) in [5, 5.41) is 19.3. The number of pyridine rings is 1. The molecule has 4 aromatic rings. The van der Waals surface area contributed by atoms with Crippen LogP contribution >= 0.6 is 0 Å². The highest BCUT2D eigenvalue weighted by Crippen LogP contribution is 2.45.